The monoisotopic (exact) mass is 239 g/mol. The Bertz CT molecular complexity index is 451. The summed E-state index contributed by atoms with van der Waals surface area (Å²) >= 11 is 0. The molecule has 1 amide bonds. The lowest BCUT2D eigenvalue weighted by atomic mass is 10.1. The van der Waals surface area contributed by atoms with Gasteiger partial charge in [-0.15, -0.1) is 10.2 Å². The molecular formula is C9H13N5O3. The maximum atomic E-state index is 11.7. The molecule has 8 heteroatoms. The lowest BCUT2D eigenvalue weighted by Crippen LogP contribution is -2.29. The van der Waals surface area contributed by atoms with Crippen molar-refractivity contribution in [2.75, 3.05) is 0 Å². The maximum Gasteiger partial charge on any atom is 0.331 e. The number of H-pyrrole nitrogens is 1. The molecule has 8 nitrogen and oxygen atoms in total. The van der Waals surface area contributed by atoms with Crippen LogP contribution in [0.2, 0.25) is 0 Å². The van der Waals surface area contributed by atoms with E-state index < -0.39 is 17.9 Å². The van der Waals surface area contributed by atoms with Crippen LogP contribution in [0.4, 0.5) is 0 Å². The Balaban J connectivity index is 2.74. The summed E-state index contributed by atoms with van der Waals surface area (Å²) in [5.74, 6) is -1.26. The van der Waals surface area contributed by atoms with Crippen LogP contribution in [0.1, 0.15) is 32.6 Å². The molecule has 0 radical (unpaired) electrons. The summed E-state index contributed by atoms with van der Waals surface area (Å²) in [5, 5.41) is 24.4. The Labute approximate surface area is 97.1 Å². The second kappa shape index (κ2) is 5.19. The molecule has 3 N–H and O–H groups in total. The number of carboxylic acid groups (broad SMARTS) is 1. The van der Waals surface area contributed by atoms with Crippen LogP contribution in [-0.2, 0) is 9.59 Å². The first kappa shape index (κ1) is 12.8. The molecule has 0 aromatic carbocycles. The number of aromatic nitrogens is 4. The molecular weight excluding hydrogens is 226 g/mol. The number of carboxylic acids is 1. The topological polar surface area (TPSA) is 121 Å². The molecule has 0 saturated carbocycles. The molecule has 1 atom stereocenters. The number of aliphatic carboxylic acids is 1. The molecule has 1 unspecified atom stereocenters. The van der Waals surface area contributed by atoms with Crippen molar-refractivity contribution in [3.63, 3.8) is 0 Å². The summed E-state index contributed by atoms with van der Waals surface area (Å²) in [5.41, 5.74) is 0.149. The largest absolute Gasteiger partial charge is 0.478 e. The molecule has 0 aliphatic rings. The van der Waals surface area contributed by atoms with Crippen molar-refractivity contribution >= 4 is 11.9 Å². The van der Waals surface area contributed by atoms with E-state index in [0.717, 1.165) is 0 Å². The van der Waals surface area contributed by atoms with Gasteiger partial charge >= 0.3 is 5.97 Å². The van der Waals surface area contributed by atoms with E-state index in [2.05, 4.69) is 25.9 Å². The molecule has 0 spiro atoms. The highest BCUT2D eigenvalue weighted by atomic mass is 16.4. The number of tetrazole rings is 1. The minimum atomic E-state index is -1.12. The van der Waals surface area contributed by atoms with Crippen LogP contribution in [0.3, 0.4) is 0 Å². The van der Waals surface area contributed by atoms with E-state index in [9.17, 15) is 9.59 Å². The van der Waals surface area contributed by atoms with E-state index in [1.165, 1.54) is 13.8 Å². The van der Waals surface area contributed by atoms with Gasteiger partial charge in [0.15, 0.2) is 5.82 Å². The number of nitrogens with one attached hydrogen (secondary N) is 2. The van der Waals surface area contributed by atoms with E-state index in [-0.39, 0.29) is 11.1 Å². The van der Waals surface area contributed by atoms with Crippen molar-refractivity contribution in [1.29, 1.82) is 0 Å². The van der Waals surface area contributed by atoms with Gasteiger partial charge in [-0.2, -0.15) is 5.21 Å². The molecule has 92 valence electrons. The number of carbonyl (C=O) groups is 2. The highest BCUT2D eigenvalue weighted by Gasteiger charge is 2.17. The van der Waals surface area contributed by atoms with Gasteiger partial charge in [0.25, 0.3) is 0 Å². The molecule has 1 rings (SSSR count). The zero-order valence-electron chi connectivity index (χ0n) is 9.68. The smallest absolute Gasteiger partial charge is 0.331 e. The van der Waals surface area contributed by atoms with Crippen molar-refractivity contribution in [2.24, 2.45) is 0 Å². The second-order valence-electron chi connectivity index (χ2n) is 3.52. The Kier molecular flexibility index (Phi) is 3.91. The van der Waals surface area contributed by atoms with Crippen molar-refractivity contribution in [1.82, 2.24) is 25.9 Å². The van der Waals surface area contributed by atoms with Crippen LogP contribution in [0, 0.1) is 0 Å². The number of hydrogen-bond donors (Lipinski definition) is 3. The third kappa shape index (κ3) is 3.10. The van der Waals surface area contributed by atoms with Crippen molar-refractivity contribution in [3.8, 4) is 0 Å². The first-order valence-corrected chi connectivity index (χ1v) is 4.88. The molecule has 0 fully saturated rings. The number of carbonyl (C=O) groups excluding carboxylic acids is 1. The third-order valence-corrected chi connectivity index (χ3v) is 2.32. The lowest BCUT2D eigenvalue weighted by molar-refractivity contribution is -0.133. The van der Waals surface area contributed by atoms with E-state index in [1.807, 2.05) is 0 Å². The van der Waals surface area contributed by atoms with E-state index in [0.29, 0.717) is 5.82 Å². The Morgan fingerprint density at radius 2 is 2.00 bits per heavy atom. The van der Waals surface area contributed by atoms with Gasteiger partial charge < -0.3 is 10.4 Å². The average molecular weight is 239 g/mol. The molecule has 0 bridgehead atoms. The predicted molar refractivity (Wildman–Crippen MR) is 56.7 cm³/mol. The molecule has 1 heterocycles. The highest BCUT2D eigenvalue weighted by molar-refractivity contribution is 6.01. The Morgan fingerprint density at radius 1 is 1.35 bits per heavy atom. The average Bonchev–Trinajstić information content (AvgIpc) is 2.80. The molecule has 1 aromatic heterocycles. The summed E-state index contributed by atoms with van der Waals surface area (Å²) in [4.78, 5) is 22.4. The number of rotatable bonds is 4. The SMILES string of the molecule is CC(C(=O)O)=C(C)C(=O)NC(C)c1nn[nH]n1. The normalized spacial score (nSPS) is 13.8. The third-order valence-electron chi connectivity index (χ3n) is 2.32. The van der Waals surface area contributed by atoms with Gasteiger partial charge in [-0.25, -0.2) is 4.79 Å². The van der Waals surface area contributed by atoms with E-state index in [4.69, 9.17) is 5.11 Å². The summed E-state index contributed by atoms with van der Waals surface area (Å²) in [6, 6.07) is -0.446. The molecule has 0 aliphatic carbocycles. The Morgan fingerprint density at radius 3 is 2.47 bits per heavy atom. The summed E-state index contributed by atoms with van der Waals surface area (Å²) < 4.78 is 0. The lowest BCUT2D eigenvalue weighted by Gasteiger charge is -2.10. The zero-order chi connectivity index (χ0) is 13.0. The van der Waals surface area contributed by atoms with Crippen LogP contribution in [0.25, 0.3) is 0 Å². The van der Waals surface area contributed by atoms with Gasteiger partial charge in [0, 0.05) is 11.1 Å². The standard InChI is InChI=1S/C9H13N5O3/c1-4(5(2)9(16)17)8(15)10-6(3)7-11-13-14-12-7/h6H,1-3H3,(H,10,15)(H,16,17)(H,11,12,13,14). The van der Waals surface area contributed by atoms with Crippen molar-refractivity contribution < 1.29 is 14.7 Å². The van der Waals surface area contributed by atoms with Gasteiger partial charge in [0.1, 0.15) is 0 Å². The van der Waals surface area contributed by atoms with Crippen LogP contribution < -0.4 is 5.32 Å². The fourth-order valence-electron chi connectivity index (χ4n) is 1.05. The molecule has 1 aromatic rings. The van der Waals surface area contributed by atoms with Gasteiger partial charge in [0.2, 0.25) is 5.91 Å². The first-order chi connectivity index (χ1) is 7.93. The number of amides is 1. The maximum absolute atomic E-state index is 11.7. The van der Waals surface area contributed by atoms with Crippen LogP contribution in [0.5, 0.6) is 0 Å². The van der Waals surface area contributed by atoms with Crippen LogP contribution >= 0.6 is 0 Å². The van der Waals surface area contributed by atoms with Gasteiger partial charge in [-0.1, -0.05) is 5.21 Å². The minimum Gasteiger partial charge on any atom is -0.478 e. The molecule has 0 aliphatic heterocycles. The minimum absolute atomic E-state index is 0.00260. The van der Waals surface area contributed by atoms with E-state index >= 15 is 0 Å². The van der Waals surface area contributed by atoms with Crippen LogP contribution in [-0.4, -0.2) is 37.6 Å². The van der Waals surface area contributed by atoms with Crippen molar-refractivity contribution in [3.05, 3.63) is 17.0 Å². The number of aromatic amines is 1. The van der Waals surface area contributed by atoms with Crippen LogP contribution in [0.15, 0.2) is 11.1 Å². The zero-order valence-corrected chi connectivity index (χ0v) is 9.68. The quantitative estimate of drug-likeness (QED) is 0.625. The predicted octanol–water partition coefficient (Wildman–Crippen LogP) is -0.202. The number of hydrogen-bond acceptors (Lipinski definition) is 5. The van der Waals surface area contributed by atoms with E-state index in [1.54, 1.807) is 6.92 Å². The number of nitrogens with zero attached hydrogens (tertiary/aromatic N) is 3. The fourth-order valence-corrected chi connectivity index (χ4v) is 1.05. The van der Waals surface area contributed by atoms with Crippen molar-refractivity contribution in [2.45, 2.75) is 26.8 Å². The molecule has 17 heavy (non-hydrogen) atoms. The molecule has 0 saturated heterocycles. The summed E-state index contributed by atoms with van der Waals surface area (Å²) in [6.45, 7) is 4.49. The van der Waals surface area contributed by atoms with Gasteiger partial charge in [-0.05, 0) is 20.8 Å². The van der Waals surface area contributed by atoms with Gasteiger partial charge in [-0.3, -0.25) is 4.79 Å². The first-order valence-electron chi connectivity index (χ1n) is 4.88. The summed E-state index contributed by atoms with van der Waals surface area (Å²) in [7, 11) is 0. The summed E-state index contributed by atoms with van der Waals surface area (Å²) in [6.07, 6.45) is 0. The second-order valence-corrected chi connectivity index (χ2v) is 3.52. The Hall–Kier alpha value is -2.25. The van der Waals surface area contributed by atoms with Gasteiger partial charge in [0.05, 0.1) is 6.04 Å². The fraction of sp³-hybridized carbons (Fsp3) is 0.444. The highest BCUT2D eigenvalue weighted by Crippen LogP contribution is 2.08.